The van der Waals surface area contributed by atoms with Gasteiger partial charge in [0.05, 0.1) is 12.1 Å². The molecule has 1 saturated heterocycles. The molecule has 180 valence electrons. The Morgan fingerprint density at radius 1 is 1.15 bits per heavy atom. The van der Waals surface area contributed by atoms with Crippen molar-refractivity contribution in [1.29, 1.82) is 0 Å². The smallest absolute Gasteiger partial charge is 0.254 e. The number of halogens is 1. The van der Waals surface area contributed by atoms with Crippen molar-refractivity contribution in [3.05, 3.63) is 71.0 Å². The molecule has 1 aliphatic heterocycles. The SMILES string of the molecule is CC[C@H](C)N(Cc1c(-c2ccc(F)cc2)noc1N1CCN(C)CC1)C(=O)c1cccc(C)c1. The molecule has 0 unspecified atom stereocenters. The summed E-state index contributed by atoms with van der Waals surface area (Å²) < 4.78 is 19.5. The first kappa shape index (κ1) is 24.0. The normalized spacial score (nSPS) is 15.4. The van der Waals surface area contributed by atoms with Gasteiger partial charge in [0, 0.05) is 43.3 Å². The average Bonchev–Trinajstić information content (AvgIpc) is 3.26. The van der Waals surface area contributed by atoms with E-state index in [-0.39, 0.29) is 17.8 Å². The van der Waals surface area contributed by atoms with Gasteiger partial charge >= 0.3 is 0 Å². The Bertz CT molecular complexity index is 1120. The fraction of sp³-hybridized carbons (Fsp3) is 0.407. The zero-order chi connectivity index (χ0) is 24.2. The fourth-order valence-electron chi connectivity index (χ4n) is 4.30. The van der Waals surface area contributed by atoms with Gasteiger partial charge in [-0.25, -0.2) is 4.39 Å². The third kappa shape index (κ3) is 5.14. The highest BCUT2D eigenvalue weighted by Crippen LogP contribution is 2.34. The molecule has 0 bridgehead atoms. The monoisotopic (exact) mass is 464 g/mol. The molecule has 0 saturated carbocycles. The van der Waals surface area contributed by atoms with Crippen molar-refractivity contribution >= 4 is 11.8 Å². The van der Waals surface area contributed by atoms with E-state index in [4.69, 9.17) is 4.52 Å². The van der Waals surface area contributed by atoms with Crippen LogP contribution in [-0.4, -0.2) is 60.1 Å². The summed E-state index contributed by atoms with van der Waals surface area (Å²) in [5.41, 5.74) is 4.00. The minimum Gasteiger partial charge on any atom is -0.338 e. The Morgan fingerprint density at radius 3 is 2.50 bits per heavy atom. The van der Waals surface area contributed by atoms with Crippen LogP contribution in [0.1, 0.15) is 41.8 Å². The maximum absolute atomic E-state index is 13.7. The van der Waals surface area contributed by atoms with E-state index in [0.717, 1.165) is 49.3 Å². The Labute approximate surface area is 200 Å². The first-order valence-electron chi connectivity index (χ1n) is 11.9. The highest BCUT2D eigenvalue weighted by atomic mass is 19.1. The van der Waals surface area contributed by atoms with Crippen LogP contribution in [-0.2, 0) is 6.54 Å². The predicted molar refractivity (Wildman–Crippen MR) is 132 cm³/mol. The molecule has 34 heavy (non-hydrogen) atoms. The van der Waals surface area contributed by atoms with Crippen molar-refractivity contribution in [2.75, 3.05) is 38.1 Å². The third-order valence-electron chi connectivity index (χ3n) is 6.65. The van der Waals surface area contributed by atoms with E-state index in [2.05, 4.69) is 35.9 Å². The van der Waals surface area contributed by atoms with E-state index >= 15 is 0 Å². The summed E-state index contributed by atoms with van der Waals surface area (Å²) in [5, 5.41) is 4.40. The molecule has 3 aromatic rings. The lowest BCUT2D eigenvalue weighted by Gasteiger charge is -2.33. The zero-order valence-corrected chi connectivity index (χ0v) is 20.4. The minimum atomic E-state index is -0.302. The van der Waals surface area contributed by atoms with E-state index in [1.165, 1.54) is 12.1 Å². The van der Waals surface area contributed by atoms with Gasteiger partial charge in [-0.05, 0) is 63.7 Å². The van der Waals surface area contributed by atoms with Gasteiger partial charge in [-0.15, -0.1) is 0 Å². The summed E-state index contributed by atoms with van der Waals surface area (Å²) in [7, 11) is 2.10. The quantitative estimate of drug-likeness (QED) is 0.494. The lowest BCUT2D eigenvalue weighted by molar-refractivity contribution is 0.0672. The van der Waals surface area contributed by atoms with E-state index in [1.807, 2.05) is 36.1 Å². The van der Waals surface area contributed by atoms with Crippen LogP contribution in [0.3, 0.4) is 0 Å². The molecule has 1 atom stereocenters. The summed E-state index contributed by atoms with van der Waals surface area (Å²) in [4.78, 5) is 20.0. The molecule has 2 heterocycles. The number of hydrogen-bond acceptors (Lipinski definition) is 5. The fourth-order valence-corrected chi connectivity index (χ4v) is 4.30. The number of aromatic nitrogens is 1. The van der Waals surface area contributed by atoms with Crippen LogP contribution < -0.4 is 4.90 Å². The zero-order valence-electron chi connectivity index (χ0n) is 20.4. The third-order valence-corrected chi connectivity index (χ3v) is 6.65. The molecule has 0 N–H and O–H groups in total. The van der Waals surface area contributed by atoms with Crippen LogP contribution in [0.25, 0.3) is 11.3 Å². The molecule has 6 nitrogen and oxygen atoms in total. The van der Waals surface area contributed by atoms with Crippen LogP contribution in [0.5, 0.6) is 0 Å². The summed E-state index contributed by atoms with van der Waals surface area (Å²) >= 11 is 0. The number of piperazine rings is 1. The largest absolute Gasteiger partial charge is 0.338 e. The molecule has 1 aromatic heterocycles. The first-order valence-corrected chi connectivity index (χ1v) is 11.9. The van der Waals surface area contributed by atoms with E-state index in [1.54, 1.807) is 12.1 Å². The van der Waals surface area contributed by atoms with Crippen molar-refractivity contribution < 1.29 is 13.7 Å². The van der Waals surface area contributed by atoms with Crippen LogP contribution in [0.4, 0.5) is 10.3 Å². The molecule has 7 heteroatoms. The van der Waals surface area contributed by atoms with Crippen LogP contribution in [0, 0.1) is 12.7 Å². The van der Waals surface area contributed by atoms with Crippen molar-refractivity contribution in [1.82, 2.24) is 15.0 Å². The number of carbonyl (C=O) groups is 1. The van der Waals surface area contributed by atoms with Crippen LogP contribution >= 0.6 is 0 Å². The van der Waals surface area contributed by atoms with Crippen molar-refractivity contribution in [2.24, 2.45) is 0 Å². The summed E-state index contributed by atoms with van der Waals surface area (Å²) in [6, 6.07) is 14.0. The Balaban J connectivity index is 1.75. The van der Waals surface area contributed by atoms with Crippen molar-refractivity contribution in [3.63, 3.8) is 0 Å². The first-order chi connectivity index (χ1) is 16.4. The standard InChI is InChI=1S/C27H33FN4O2/c1-5-20(3)32(26(33)22-8-6-7-19(2)17-22)18-24-25(21-9-11-23(28)12-10-21)29-34-27(24)31-15-13-30(4)14-16-31/h6-12,17,20H,5,13-16,18H2,1-4H3/t20-/m0/s1. The second-order valence-electron chi connectivity index (χ2n) is 9.17. The van der Waals surface area contributed by atoms with Crippen molar-refractivity contribution in [3.8, 4) is 11.3 Å². The number of anilines is 1. The van der Waals surface area contributed by atoms with E-state index in [0.29, 0.717) is 23.7 Å². The lowest BCUT2D eigenvalue weighted by Crippen LogP contribution is -2.45. The maximum atomic E-state index is 13.7. The number of aryl methyl sites for hydroxylation is 1. The molecule has 0 spiro atoms. The summed E-state index contributed by atoms with van der Waals surface area (Å²) in [5.74, 6) is 0.371. The number of benzene rings is 2. The molecule has 0 aliphatic carbocycles. The number of hydrogen-bond donors (Lipinski definition) is 0. The summed E-state index contributed by atoms with van der Waals surface area (Å²) in [6.45, 7) is 9.97. The number of carbonyl (C=O) groups excluding carboxylic acids is 1. The van der Waals surface area contributed by atoms with Gasteiger partial charge in [0.15, 0.2) is 0 Å². The van der Waals surface area contributed by atoms with Crippen molar-refractivity contribution in [2.45, 2.75) is 39.8 Å². The molecule has 0 radical (unpaired) electrons. The average molecular weight is 465 g/mol. The Hall–Kier alpha value is -3.19. The second kappa shape index (κ2) is 10.4. The van der Waals surface area contributed by atoms with Crippen LogP contribution in [0.2, 0.25) is 0 Å². The highest BCUT2D eigenvalue weighted by molar-refractivity contribution is 5.94. The van der Waals surface area contributed by atoms with E-state index < -0.39 is 0 Å². The molecule has 1 aliphatic rings. The van der Waals surface area contributed by atoms with Gasteiger partial charge in [0.1, 0.15) is 11.5 Å². The number of amides is 1. The predicted octanol–water partition coefficient (Wildman–Crippen LogP) is 4.98. The summed E-state index contributed by atoms with van der Waals surface area (Å²) in [6.07, 6.45) is 0.818. The Morgan fingerprint density at radius 2 is 1.85 bits per heavy atom. The molecular weight excluding hydrogens is 431 g/mol. The van der Waals surface area contributed by atoms with Gasteiger partial charge < -0.3 is 19.2 Å². The van der Waals surface area contributed by atoms with Gasteiger partial charge in [0.2, 0.25) is 5.88 Å². The molecule has 1 fully saturated rings. The lowest BCUT2D eigenvalue weighted by atomic mass is 10.0. The molecule has 1 amide bonds. The number of rotatable bonds is 7. The molecular formula is C27H33FN4O2. The number of likely N-dealkylation sites (N-methyl/N-ethyl adjacent to an activating group) is 1. The van der Waals surface area contributed by atoms with Gasteiger partial charge in [-0.3, -0.25) is 4.79 Å². The maximum Gasteiger partial charge on any atom is 0.254 e. The number of nitrogens with zero attached hydrogens (tertiary/aromatic N) is 4. The molecule has 4 rings (SSSR count). The van der Waals surface area contributed by atoms with Crippen LogP contribution in [0.15, 0.2) is 53.1 Å². The topological polar surface area (TPSA) is 52.8 Å². The van der Waals surface area contributed by atoms with Gasteiger partial charge in [0.25, 0.3) is 5.91 Å². The van der Waals surface area contributed by atoms with Gasteiger partial charge in [-0.1, -0.05) is 29.8 Å². The molecule has 2 aromatic carbocycles. The Kier molecular flexibility index (Phi) is 7.32. The second-order valence-corrected chi connectivity index (χ2v) is 9.17. The van der Waals surface area contributed by atoms with Gasteiger partial charge in [-0.2, -0.15) is 0 Å². The highest BCUT2D eigenvalue weighted by Gasteiger charge is 2.29. The van der Waals surface area contributed by atoms with E-state index in [9.17, 15) is 9.18 Å². The minimum absolute atomic E-state index is 0.0179.